The minimum atomic E-state index is -0.915. The van der Waals surface area contributed by atoms with Crippen molar-refractivity contribution in [2.75, 3.05) is 31.6 Å². The number of hydrogen-bond acceptors (Lipinski definition) is 4. The van der Waals surface area contributed by atoms with Gasteiger partial charge in [-0.15, -0.1) is 0 Å². The first kappa shape index (κ1) is 14.8. The van der Waals surface area contributed by atoms with Gasteiger partial charge in [0.1, 0.15) is 11.4 Å². The third-order valence-electron chi connectivity index (χ3n) is 4.71. The van der Waals surface area contributed by atoms with Crippen molar-refractivity contribution in [3.63, 3.8) is 0 Å². The van der Waals surface area contributed by atoms with E-state index in [0.29, 0.717) is 22.3 Å². The monoisotopic (exact) mass is 353 g/mol. The quantitative estimate of drug-likeness (QED) is 0.884. The van der Waals surface area contributed by atoms with Crippen LogP contribution in [0.5, 0.6) is 0 Å². The largest absolute Gasteiger partial charge is 0.478 e. The highest BCUT2D eigenvalue weighted by Crippen LogP contribution is 2.32. The van der Waals surface area contributed by atoms with E-state index in [1.807, 2.05) is 0 Å². The molecule has 2 saturated heterocycles. The number of anilines is 1. The number of carboxylic acids is 1. The number of aromatic nitrogens is 1. The number of nitrogens with zero attached hydrogens (tertiary/aromatic N) is 3. The van der Waals surface area contributed by atoms with Gasteiger partial charge in [-0.3, -0.25) is 0 Å². The van der Waals surface area contributed by atoms with Crippen LogP contribution in [0.3, 0.4) is 0 Å². The lowest BCUT2D eigenvalue weighted by molar-refractivity contribution is 0.0696. The number of carboxylic acid groups (broad SMARTS) is 1. The molecular weight excluding hydrogens is 334 g/mol. The minimum absolute atomic E-state index is 0.284. The molecule has 6 heteroatoms. The zero-order valence-electron chi connectivity index (χ0n) is 12.1. The maximum absolute atomic E-state index is 11.5. The van der Waals surface area contributed by atoms with Crippen LogP contribution in [0, 0.1) is 5.92 Å². The Labute approximate surface area is 133 Å². The van der Waals surface area contributed by atoms with Gasteiger partial charge in [-0.1, -0.05) is 0 Å². The second-order valence-corrected chi connectivity index (χ2v) is 6.93. The molecule has 0 aliphatic carbocycles. The summed E-state index contributed by atoms with van der Waals surface area (Å²) < 4.78 is 0.705. The van der Waals surface area contributed by atoms with Gasteiger partial charge in [-0.25, -0.2) is 9.78 Å². The van der Waals surface area contributed by atoms with Crippen molar-refractivity contribution < 1.29 is 9.90 Å². The van der Waals surface area contributed by atoms with Crippen LogP contribution in [0.4, 0.5) is 5.82 Å². The molecule has 2 atom stereocenters. The van der Waals surface area contributed by atoms with E-state index in [1.54, 1.807) is 12.3 Å². The highest BCUT2D eigenvalue weighted by Gasteiger charge is 2.35. The molecular formula is C15H20BrN3O2. The summed E-state index contributed by atoms with van der Waals surface area (Å²) in [7, 11) is 2.20. The van der Waals surface area contributed by atoms with E-state index in [-0.39, 0.29) is 5.56 Å². The summed E-state index contributed by atoms with van der Waals surface area (Å²) in [6, 6.07) is 2.28. The van der Waals surface area contributed by atoms with Crippen molar-refractivity contribution in [3.05, 3.63) is 22.3 Å². The average Bonchev–Trinajstić information content (AvgIpc) is 2.47. The highest BCUT2D eigenvalue weighted by atomic mass is 79.9. The van der Waals surface area contributed by atoms with Crippen LogP contribution in [0.25, 0.3) is 0 Å². The third kappa shape index (κ3) is 2.92. The number of piperidine rings is 2. The van der Waals surface area contributed by atoms with Crippen molar-refractivity contribution in [1.29, 1.82) is 0 Å². The maximum Gasteiger partial charge on any atom is 0.339 e. The first-order valence-corrected chi connectivity index (χ1v) is 8.19. The lowest BCUT2D eigenvalue weighted by Gasteiger charge is -2.46. The van der Waals surface area contributed by atoms with E-state index in [2.05, 4.69) is 37.8 Å². The Hall–Kier alpha value is -1.14. The van der Waals surface area contributed by atoms with Crippen LogP contribution >= 0.6 is 15.9 Å². The van der Waals surface area contributed by atoms with E-state index >= 15 is 0 Å². The summed E-state index contributed by atoms with van der Waals surface area (Å²) in [5.41, 5.74) is 0.284. The summed E-state index contributed by atoms with van der Waals surface area (Å²) in [5.74, 6) is 0.309. The molecule has 2 aliphatic heterocycles. The second kappa shape index (κ2) is 5.93. The molecule has 0 aromatic carbocycles. The molecule has 0 amide bonds. The van der Waals surface area contributed by atoms with Crippen LogP contribution < -0.4 is 4.90 Å². The molecule has 3 rings (SSSR count). The Balaban J connectivity index is 1.84. The lowest BCUT2D eigenvalue weighted by Crippen LogP contribution is -2.53. The van der Waals surface area contributed by atoms with E-state index in [9.17, 15) is 9.90 Å². The van der Waals surface area contributed by atoms with Gasteiger partial charge in [0.2, 0.25) is 0 Å². The number of rotatable bonds is 2. The van der Waals surface area contributed by atoms with Crippen molar-refractivity contribution in [1.82, 2.24) is 9.88 Å². The fraction of sp³-hybridized carbons (Fsp3) is 0.600. The second-order valence-electron chi connectivity index (χ2n) is 6.01. The molecule has 114 valence electrons. The van der Waals surface area contributed by atoms with Gasteiger partial charge in [-0.05, 0) is 60.8 Å². The van der Waals surface area contributed by atoms with E-state index in [1.165, 1.54) is 19.4 Å². The van der Waals surface area contributed by atoms with Crippen molar-refractivity contribution in [3.8, 4) is 0 Å². The van der Waals surface area contributed by atoms with Crippen LogP contribution in [0.15, 0.2) is 16.7 Å². The number of pyridine rings is 1. The smallest absolute Gasteiger partial charge is 0.339 e. The number of carbonyl (C=O) groups is 1. The molecule has 2 unspecified atom stereocenters. The van der Waals surface area contributed by atoms with E-state index in [0.717, 1.165) is 19.5 Å². The summed E-state index contributed by atoms with van der Waals surface area (Å²) in [4.78, 5) is 20.4. The minimum Gasteiger partial charge on any atom is -0.478 e. The number of aromatic carboxylic acids is 1. The summed E-state index contributed by atoms with van der Waals surface area (Å²) in [6.07, 6.45) is 5.22. The molecule has 1 aromatic rings. The number of hydrogen-bond donors (Lipinski definition) is 1. The molecule has 5 nitrogen and oxygen atoms in total. The van der Waals surface area contributed by atoms with Crippen LogP contribution in [-0.2, 0) is 0 Å². The van der Waals surface area contributed by atoms with E-state index in [4.69, 9.17) is 0 Å². The predicted molar refractivity (Wildman–Crippen MR) is 84.9 cm³/mol. The molecule has 3 heterocycles. The van der Waals surface area contributed by atoms with Crippen molar-refractivity contribution >= 4 is 27.7 Å². The zero-order valence-corrected chi connectivity index (χ0v) is 13.7. The Morgan fingerprint density at radius 1 is 1.43 bits per heavy atom. The highest BCUT2D eigenvalue weighted by molar-refractivity contribution is 9.10. The average molecular weight is 354 g/mol. The number of fused-ring (bicyclic) bond motifs is 1. The summed E-state index contributed by atoms with van der Waals surface area (Å²) in [6.45, 7) is 2.96. The molecule has 0 spiro atoms. The Bertz CT molecular complexity index is 552. The fourth-order valence-corrected chi connectivity index (χ4v) is 4.02. The van der Waals surface area contributed by atoms with Gasteiger partial charge in [0, 0.05) is 29.8 Å². The zero-order chi connectivity index (χ0) is 15.0. The molecule has 0 radical (unpaired) electrons. The van der Waals surface area contributed by atoms with Gasteiger partial charge in [0.25, 0.3) is 0 Å². The van der Waals surface area contributed by atoms with Gasteiger partial charge in [-0.2, -0.15) is 0 Å². The first-order valence-electron chi connectivity index (χ1n) is 7.40. The maximum atomic E-state index is 11.5. The van der Waals surface area contributed by atoms with Crippen LogP contribution in [-0.4, -0.2) is 53.7 Å². The van der Waals surface area contributed by atoms with Gasteiger partial charge < -0.3 is 14.9 Å². The molecule has 1 N–H and O–H groups in total. The Kier molecular flexibility index (Phi) is 4.17. The van der Waals surface area contributed by atoms with Crippen molar-refractivity contribution in [2.45, 2.75) is 25.3 Å². The number of likely N-dealkylation sites (tertiary alicyclic amines) is 1. The summed E-state index contributed by atoms with van der Waals surface area (Å²) >= 11 is 3.30. The Morgan fingerprint density at radius 2 is 2.24 bits per heavy atom. The lowest BCUT2D eigenvalue weighted by atomic mass is 9.84. The standard InChI is InChI=1S/C15H20BrN3O2/c1-18-5-2-3-10-9-19(6-4-13(10)18)14-12(15(20)21)7-11(16)8-17-14/h7-8,10,13H,2-6,9H2,1H3,(H,20,21). The normalized spacial score (nSPS) is 26.5. The molecule has 1 aromatic heterocycles. The van der Waals surface area contributed by atoms with E-state index < -0.39 is 5.97 Å². The predicted octanol–water partition coefficient (Wildman–Crippen LogP) is 2.46. The van der Waals surface area contributed by atoms with Gasteiger partial charge in [0.15, 0.2) is 0 Å². The molecule has 21 heavy (non-hydrogen) atoms. The molecule has 2 aliphatic rings. The first-order chi connectivity index (χ1) is 10.1. The van der Waals surface area contributed by atoms with Crippen LogP contribution in [0.2, 0.25) is 0 Å². The number of halogens is 1. The fourth-order valence-electron chi connectivity index (χ4n) is 3.69. The third-order valence-corrected chi connectivity index (χ3v) is 5.14. The van der Waals surface area contributed by atoms with Crippen LogP contribution in [0.1, 0.15) is 29.6 Å². The topological polar surface area (TPSA) is 56.7 Å². The molecule has 0 saturated carbocycles. The van der Waals surface area contributed by atoms with Gasteiger partial charge in [0.05, 0.1) is 0 Å². The summed E-state index contributed by atoms with van der Waals surface area (Å²) in [5, 5.41) is 9.40. The Morgan fingerprint density at radius 3 is 3.00 bits per heavy atom. The molecule has 2 fully saturated rings. The molecule has 0 bridgehead atoms. The SMILES string of the molecule is CN1CCCC2CN(c3ncc(Br)cc3C(=O)O)CCC21. The van der Waals surface area contributed by atoms with Crippen molar-refractivity contribution in [2.24, 2.45) is 5.92 Å². The van der Waals surface area contributed by atoms with Gasteiger partial charge >= 0.3 is 5.97 Å².